The summed E-state index contributed by atoms with van der Waals surface area (Å²) in [5.41, 5.74) is 16.4. The van der Waals surface area contributed by atoms with Crippen molar-refractivity contribution in [3.63, 3.8) is 0 Å². The van der Waals surface area contributed by atoms with Gasteiger partial charge in [0.25, 0.3) is 0 Å². The van der Waals surface area contributed by atoms with Crippen molar-refractivity contribution in [2.45, 2.75) is 72.1 Å². The zero-order valence-electron chi connectivity index (χ0n) is 36.3. The van der Waals surface area contributed by atoms with E-state index in [0.717, 1.165) is 78.0 Å². The molecular formula is C56H52N4O. The van der Waals surface area contributed by atoms with E-state index in [9.17, 15) is 5.11 Å². The van der Waals surface area contributed by atoms with Crippen molar-refractivity contribution >= 4 is 21.8 Å². The Morgan fingerprint density at radius 1 is 0.508 bits per heavy atom. The summed E-state index contributed by atoms with van der Waals surface area (Å²) in [6.45, 7) is 18.0. The maximum Gasteiger partial charge on any atom is 0.124 e. The zero-order chi connectivity index (χ0) is 42.6. The fraction of sp³-hybridized carbons (Fsp3) is 0.196. The molecule has 5 heteroatoms. The van der Waals surface area contributed by atoms with E-state index in [2.05, 4.69) is 181 Å². The summed E-state index contributed by atoms with van der Waals surface area (Å²) in [5.74, 6) is 0.505. The number of phenolic OH excluding ortho intramolecular Hbond substituents is 1. The number of para-hydroxylation sites is 3. The third kappa shape index (κ3) is 7.61. The molecule has 0 atom stereocenters. The first-order valence-corrected chi connectivity index (χ1v) is 21.3. The van der Waals surface area contributed by atoms with E-state index in [0.29, 0.717) is 17.2 Å². The number of nitrogens with zero attached hydrogens (tertiary/aromatic N) is 4. The van der Waals surface area contributed by atoms with Crippen molar-refractivity contribution < 1.29 is 5.11 Å². The van der Waals surface area contributed by atoms with Gasteiger partial charge in [-0.15, -0.1) is 0 Å². The molecule has 0 fully saturated rings. The number of rotatable bonds is 7. The molecule has 9 aromatic rings. The normalized spacial score (nSPS) is 12.1. The van der Waals surface area contributed by atoms with E-state index in [-0.39, 0.29) is 16.6 Å². The molecule has 0 aliphatic heterocycles. The SMILES string of the molecule is CC(C)c1cc2c(cn1)c1cccc(-c3ccnc(-c4cccc(-c5cc(-c6cc(C(C)(C)C)cc(C(C)(C)C)c6)cc(-c6ccccc6O)n5)c4)c3)c1n2-c1ccccc1. The monoisotopic (exact) mass is 796 g/mol. The molecule has 4 heterocycles. The van der Waals surface area contributed by atoms with Crippen LogP contribution in [0.1, 0.15) is 78.1 Å². The lowest BCUT2D eigenvalue weighted by molar-refractivity contribution is 0.477. The summed E-state index contributed by atoms with van der Waals surface area (Å²) in [6, 6.07) is 50.9. The second kappa shape index (κ2) is 15.3. The average Bonchev–Trinajstić information content (AvgIpc) is 3.60. The lowest BCUT2D eigenvalue weighted by Crippen LogP contribution is -2.16. The van der Waals surface area contributed by atoms with Gasteiger partial charge in [-0.05, 0) is 105 Å². The standard InChI is InChI=1S/C56H52N4O/c1-35(2)48-33-52-47(34-58-48)45-22-15-21-44(54(45)60(52)43-18-10-9-11-19-43)36-24-25-57-49(29-36)37-16-14-17-38(26-37)50-30-40(31-51(59-50)46-20-12-13-23-53(46)61)39-27-41(55(3,4)5)32-42(28-39)56(6,7)8/h9-35,61H,1-8H3. The van der Waals surface area contributed by atoms with Crippen LogP contribution in [0.4, 0.5) is 0 Å². The van der Waals surface area contributed by atoms with E-state index >= 15 is 0 Å². The minimum absolute atomic E-state index is 0.0413. The van der Waals surface area contributed by atoms with Crippen molar-refractivity contribution in [3.8, 4) is 67.5 Å². The maximum atomic E-state index is 11.1. The summed E-state index contributed by atoms with van der Waals surface area (Å²) >= 11 is 0. The molecule has 0 aliphatic rings. The van der Waals surface area contributed by atoms with Gasteiger partial charge in [0.05, 0.1) is 28.1 Å². The van der Waals surface area contributed by atoms with Gasteiger partial charge in [0.1, 0.15) is 5.75 Å². The van der Waals surface area contributed by atoms with Crippen LogP contribution in [-0.4, -0.2) is 24.6 Å². The fourth-order valence-corrected chi connectivity index (χ4v) is 8.30. The molecule has 0 radical (unpaired) electrons. The van der Waals surface area contributed by atoms with E-state index < -0.39 is 0 Å². The van der Waals surface area contributed by atoms with Gasteiger partial charge in [0.15, 0.2) is 0 Å². The Balaban J connectivity index is 1.19. The Hall–Kier alpha value is -6.85. The molecule has 9 rings (SSSR count). The molecule has 0 unspecified atom stereocenters. The third-order valence-electron chi connectivity index (χ3n) is 11.8. The molecule has 4 aromatic heterocycles. The number of aromatic hydroxyl groups is 1. The second-order valence-electron chi connectivity index (χ2n) is 18.6. The van der Waals surface area contributed by atoms with Crippen LogP contribution in [0.25, 0.3) is 83.5 Å². The van der Waals surface area contributed by atoms with E-state index in [1.807, 2.05) is 30.6 Å². The van der Waals surface area contributed by atoms with Crippen molar-refractivity contribution in [2.75, 3.05) is 0 Å². The first kappa shape index (κ1) is 39.6. The molecule has 0 bridgehead atoms. The average molecular weight is 797 g/mol. The zero-order valence-corrected chi connectivity index (χ0v) is 36.3. The fourth-order valence-electron chi connectivity index (χ4n) is 8.30. The second-order valence-corrected chi connectivity index (χ2v) is 18.6. The lowest BCUT2D eigenvalue weighted by atomic mass is 9.79. The Bertz CT molecular complexity index is 3060. The van der Waals surface area contributed by atoms with Crippen LogP contribution in [0.5, 0.6) is 5.75 Å². The van der Waals surface area contributed by atoms with Gasteiger partial charge in [-0.25, -0.2) is 4.98 Å². The summed E-state index contributed by atoms with van der Waals surface area (Å²) < 4.78 is 2.39. The van der Waals surface area contributed by atoms with Crippen LogP contribution in [0.3, 0.4) is 0 Å². The first-order chi connectivity index (χ1) is 29.2. The molecular weight excluding hydrogens is 745 g/mol. The van der Waals surface area contributed by atoms with E-state index in [1.165, 1.54) is 11.1 Å². The van der Waals surface area contributed by atoms with E-state index in [1.54, 1.807) is 6.07 Å². The van der Waals surface area contributed by atoms with Crippen LogP contribution in [0.2, 0.25) is 0 Å². The summed E-state index contributed by atoms with van der Waals surface area (Å²) in [5, 5.41) is 13.4. The highest BCUT2D eigenvalue weighted by molar-refractivity contribution is 6.13. The van der Waals surface area contributed by atoms with Crippen molar-refractivity contribution in [1.82, 2.24) is 19.5 Å². The number of hydrogen-bond donors (Lipinski definition) is 1. The highest BCUT2D eigenvalue weighted by Gasteiger charge is 2.23. The minimum Gasteiger partial charge on any atom is -0.507 e. The molecule has 0 spiro atoms. The van der Waals surface area contributed by atoms with Gasteiger partial charge in [-0.2, -0.15) is 0 Å². The van der Waals surface area contributed by atoms with Gasteiger partial charge < -0.3 is 9.67 Å². The van der Waals surface area contributed by atoms with Gasteiger partial charge in [0, 0.05) is 56.8 Å². The smallest absolute Gasteiger partial charge is 0.124 e. The Morgan fingerprint density at radius 3 is 1.84 bits per heavy atom. The molecule has 0 amide bonds. The molecule has 61 heavy (non-hydrogen) atoms. The summed E-state index contributed by atoms with van der Waals surface area (Å²) in [4.78, 5) is 15.1. The van der Waals surface area contributed by atoms with Crippen LogP contribution in [0.15, 0.2) is 158 Å². The predicted octanol–water partition coefficient (Wildman–Crippen LogP) is 14.7. The highest BCUT2D eigenvalue weighted by Crippen LogP contribution is 2.41. The molecule has 0 aliphatic carbocycles. The summed E-state index contributed by atoms with van der Waals surface area (Å²) in [7, 11) is 0. The Labute approximate surface area is 359 Å². The third-order valence-corrected chi connectivity index (χ3v) is 11.8. The van der Waals surface area contributed by atoms with Crippen molar-refractivity contribution in [3.05, 3.63) is 175 Å². The quantitative estimate of drug-likeness (QED) is 0.174. The van der Waals surface area contributed by atoms with Crippen LogP contribution in [0, 0.1) is 0 Å². The number of hydrogen-bond acceptors (Lipinski definition) is 4. The number of benzene rings is 5. The van der Waals surface area contributed by atoms with Crippen LogP contribution >= 0.6 is 0 Å². The van der Waals surface area contributed by atoms with Gasteiger partial charge in [0.2, 0.25) is 0 Å². The van der Waals surface area contributed by atoms with Crippen LogP contribution in [-0.2, 0) is 10.8 Å². The Morgan fingerprint density at radius 2 is 1.13 bits per heavy atom. The first-order valence-electron chi connectivity index (χ1n) is 21.3. The van der Waals surface area contributed by atoms with Gasteiger partial charge in [-0.1, -0.05) is 140 Å². The number of fused-ring (bicyclic) bond motifs is 3. The number of pyridine rings is 3. The largest absolute Gasteiger partial charge is 0.507 e. The molecule has 1 N–H and O–H groups in total. The van der Waals surface area contributed by atoms with Crippen molar-refractivity contribution in [1.29, 1.82) is 0 Å². The van der Waals surface area contributed by atoms with Crippen molar-refractivity contribution in [2.24, 2.45) is 0 Å². The maximum absolute atomic E-state index is 11.1. The molecule has 0 saturated carbocycles. The summed E-state index contributed by atoms with van der Waals surface area (Å²) in [6.07, 6.45) is 3.95. The topological polar surface area (TPSA) is 63.8 Å². The molecule has 5 nitrogen and oxygen atoms in total. The number of aromatic nitrogens is 4. The lowest BCUT2D eigenvalue weighted by Gasteiger charge is -2.26. The van der Waals surface area contributed by atoms with Gasteiger partial charge >= 0.3 is 0 Å². The number of phenols is 1. The van der Waals surface area contributed by atoms with Crippen LogP contribution < -0.4 is 0 Å². The predicted molar refractivity (Wildman–Crippen MR) is 254 cm³/mol. The highest BCUT2D eigenvalue weighted by atomic mass is 16.3. The Kier molecular flexibility index (Phi) is 9.94. The molecule has 5 aromatic carbocycles. The van der Waals surface area contributed by atoms with Gasteiger partial charge in [-0.3, -0.25) is 9.97 Å². The minimum atomic E-state index is -0.0413. The molecule has 0 saturated heterocycles. The van der Waals surface area contributed by atoms with E-state index in [4.69, 9.17) is 15.0 Å². The molecule has 302 valence electrons.